The fraction of sp³-hybridized carbons (Fsp3) is 1.00. The van der Waals surface area contributed by atoms with Crippen molar-refractivity contribution in [3.8, 4) is 0 Å². The minimum atomic E-state index is 0. The van der Waals surface area contributed by atoms with Crippen molar-refractivity contribution in [1.29, 1.82) is 0 Å². The third-order valence-corrected chi connectivity index (χ3v) is 30.4. The van der Waals surface area contributed by atoms with Crippen molar-refractivity contribution in [2.75, 3.05) is 52.4 Å². The summed E-state index contributed by atoms with van der Waals surface area (Å²) in [7, 11) is 0. The molecule has 0 N–H and O–H groups in total. The lowest BCUT2D eigenvalue weighted by atomic mass is 9.66. The lowest BCUT2D eigenvalue weighted by Crippen LogP contribution is -2.56. The van der Waals surface area contributed by atoms with Crippen molar-refractivity contribution in [1.82, 2.24) is 34.3 Å². The number of hydrogen-bond acceptors (Lipinski definition) is 7. The Morgan fingerprint density at radius 3 is 0.941 bits per heavy atom. The molecule has 18 aliphatic rings. The maximum Gasteiger partial charge on any atom is 0.0130 e. The average Bonchev–Trinajstić information content (AvgIpc) is 1.18. The second kappa shape index (κ2) is 36.9. The zero-order valence-corrected chi connectivity index (χ0v) is 72.8. The Hall–Kier alpha value is -0.280. The summed E-state index contributed by atoms with van der Waals surface area (Å²) in [6, 6.07) is 5.49. The zero-order valence-electron chi connectivity index (χ0n) is 72.8. The van der Waals surface area contributed by atoms with Gasteiger partial charge in [-0.2, -0.15) is 0 Å². The van der Waals surface area contributed by atoms with Crippen molar-refractivity contribution in [2.45, 2.75) is 486 Å². The van der Waals surface area contributed by atoms with Gasteiger partial charge in [-0.3, -0.25) is 34.3 Å². The Morgan fingerprint density at radius 1 is 0.206 bits per heavy atom. The first-order valence-electron chi connectivity index (χ1n) is 45.4. The Morgan fingerprint density at radius 2 is 0.520 bits per heavy atom. The summed E-state index contributed by atoms with van der Waals surface area (Å²) in [5.41, 5.74) is 3.37. The van der Waals surface area contributed by atoms with E-state index in [-0.39, 0.29) is 7.43 Å². The highest BCUT2D eigenvalue weighted by atomic mass is 15.3. The average molecular weight is 1420 g/mol. The van der Waals surface area contributed by atoms with Crippen LogP contribution in [0.15, 0.2) is 0 Å². The third kappa shape index (κ3) is 25.1. The molecule has 0 aromatic rings. The van der Waals surface area contributed by atoms with Crippen molar-refractivity contribution in [2.24, 2.45) is 70.5 Å². The highest BCUT2D eigenvalue weighted by Crippen LogP contribution is 2.54. The second-order valence-electron chi connectivity index (χ2n) is 46.3. The van der Waals surface area contributed by atoms with Crippen LogP contribution >= 0.6 is 0 Å². The molecule has 18 fully saturated rings. The van der Waals surface area contributed by atoms with Crippen molar-refractivity contribution >= 4 is 0 Å². The van der Waals surface area contributed by atoms with E-state index in [4.69, 9.17) is 0 Å². The molecule has 12 unspecified atom stereocenters. The monoisotopic (exact) mass is 1420 g/mol. The Labute approximate surface area is 639 Å². The predicted molar refractivity (Wildman–Crippen MR) is 448 cm³/mol. The van der Waals surface area contributed by atoms with Crippen LogP contribution in [-0.2, 0) is 0 Å². The fourth-order valence-electron chi connectivity index (χ4n) is 25.3. The van der Waals surface area contributed by atoms with Crippen molar-refractivity contribution in [3.05, 3.63) is 0 Å². The molecule has 8 aliphatic carbocycles. The molecule has 0 spiro atoms. The first-order valence-corrected chi connectivity index (χ1v) is 45.4. The molecule has 0 aromatic carbocycles. The maximum atomic E-state index is 2.77. The maximum absolute atomic E-state index is 2.77. The van der Waals surface area contributed by atoms with Gasteiger partial charge in [0.15, 0.2) is 0 Å². The minimum absolute atomic E-state index is 0. The van der Waals surface area contributed by atoms with Gasteiger partial charge in [-0.15, -0.1) is 0 Å². The summed E-state index contributed by atoms with van der Waals surface area (Å²) in [6.45, 7) is 67.7. The van der Waals surface area contributed by atoms with E-state index in [1.807, 2.05) is 0 Å². The molecule has 102 heavy (non-hydrogen) atoms. The highest BCUT2D eigenvalue weighted by molar-refractivity contribution is 5.01. The van der Waals surface area contributed by atoms with Gasteiger partial charge in [-0.1, -0.05) is 86.0 Å². The molecular weight excluding hydrogens is 1240 g/mol. The predicted octanol–water partition coefficient (Wildman–Crippen LogP) is 24.9. The number of rotatable bonds is 0. The molecule has 18 rings (SSSR count). The first-order chi connectivity index (χ1) is 47.1. The number of hydrogen-bond donors (Lipinski definition) is 0. The first kappa shape index (κ1) is 87.3. The summed E-state index contributed by atoms with van der Waals surface area (Å²) in [4.78, 5) is 19.1. The summed E-state index contributed by atoms with van der Waals surface area (Å²) in [5, 5.41) is 0. The molecule has 10 heterocycles. The van der Waals surface area contributed by atoms with Crippen LogP contribution in [0.5, 0.6) is 0 Å². The number of nitrogens with zero attached hydrogens (tertiary/aromatic N) is 7. The topological polar surface area (TPSA) is 22.7 Å². The van der Waals surface area contributed by atoms with Crippen LogP contribution in [0.1, 0.15) is 411 Å². The van der Waals surface area contributed by atoms with Crippen LogP contribution in [0, 0.1) is 70.5 Å². The van der Waals surface area contributed by atoms with Crippen molar-refractivity contribution < 1.29 is 0 Å². The standard InChI is InChI=1S/2C13H25N.2C12H23N.C12H22.2C11H21N.C10H19N.CH4/c1-13(2,3)14-8-7-11-5-4-6-12(9-11)10-14;1-13(2,3)14-9-11-5-4-6-12(10-14)8-7-11;1-12(2,3)13-9-8-10-4-6-11(13)7-5-10;1-12(2,3)13-8-7-10-5-4-6-11(13)9-10;1-12(2,3)11-9-5-4-6-10(11)8-7-9;1-11(2,3)12-8-9-4-6-10(12)7-5-9;1-11(2,3)12-9-5-4-6-10(12)8-7-9;1-10(2,3)11-7-8-4-5-9(11)6-8;/h2*11-12H,4-10H2,1-3H3;2*10-11H,4-9H2,1-3H3;9-11H,4-8H2,1-3H3;2*9-10H,4-8H2,1-3H3;8-9H,4-7H2,1-3H3;1H4. The van der Waals surface area contributed by atoms with Gasteiger partial charge in [-0.05, 0) is 415 Å². The Kier molecular flexibility index (Phi) is 31.6. The van der Waals surface area contributed by atoms with Gasteiger partial charge < -0.3 is 0 Å². The molecule has 0 radical (unpaired) electrons. The van der Waals surface area contributed by atoms with Crippen LogP contribution in [0.4, 0.5) is 0 Å². The zero-order chi connectivity index (χ0) is 73.7. The van der Waals surface area contributed by atoms with E-state index in [0.717, 1.165) is 101 Å². The minimum Gasteiger partial charge on any atom is -0.298 e. The molecule has 598 valence electrons. The van der Waals surface area contributed by atoms with E-state index in [9.17, 15) is 0 Å². The molecule has 0 amide bonds. The van der Waals surface area contributed by atoms with E-state index in [2.05, 4.69) is 200 Å². The molecule has 10 aliphatic heterocycles. The van der Waals surface area contributed by atoms with Crippen molar-refractivity contribution in [3.63, 3.8) is 0 Å². The molecule has 0 aromatic heterocycles. The molecule has 7 heteroatoms. The summed E-state index contributed by atoms with van der Waals surface area (Å²) >= 11 is 0. The van der Waals surface area contributed by atoms with Gasteiger partial charge in [0, 0.05) is 108 Å². The molecule has 16 bridgehead atoms. The quantitative estimate of drug-likeness (QED) is 0.238. The lowest BCUT2D eigenvalue weighted by Gasteiger charge is -2.51. The largest absolute Gasteiger partial charge is 0.298 e. The van der Waals surface area contributed by atoms with E-state index in [0.29, 0.717) is 44.2 Å². The molecule has 10 saturated heterocycles. The second-order valence-corrected chi connectivity index (χ2v) is 46.3. The van der Waals surface area contributed by atoms with Crippen LogP contribution < -0.4 is 0 Å². The molecule has 12 atom stereocenters. The van der Waals surface area contributed by atoms with E-state index >= 15 is 0 Å². The van der Waals surface area contributed by atoms with Gasteiger partial charge in [0.25, 0.3) is 0 Å². The van der Waals surface area contributed by atoms with E-state index in [1.54, 1.807) is 0 Å². The Balaban J connectivity index is 0.000000148. The summed E-state index contributed by atoms with van der Waals surface area (Å²) < 4.78 is 0. The van der Waals surface area contributed by atoms with E-state index in [1.165, 1.54) is 290 Å². The normalized spacial score (nSPS) is 36.8. The third-order valence-electron chi connectivity index (χ3n) is 30.4. The van der Waals surface area contributed by atoms with Crippen LogP contribution in [-0.4, -0.2) is 162 Å². The van der Waals surface area contributed by atoms with Gasteiger partial charge >= 0.3 is 0 Å². The van der Waals surface area contributed by atoms with E-state index < -0.39 is 0 Å². The van der Waals surface area contributed by atoms with Gasteiger partial charge in [0.2, 0.25) is 0 Å². The SMILES string of the molecule is C.CC(C)(C)C1C2CCCC1CC2.CC(C)(C)N1C2CCCC1CC2.CC(C)(C)N1CC2CCC1C2.CC(C)(C)N1CC2CCC1CC2.CC(C)(C)N1CC2CCCC(CC2)C1.CC(C)(C)N1CCC2CCC1CC2.CC(C)(C)N1CCC2CCCC(C2)C1.CC(C)(C)N1CCC2CCCC1C2. The number of piperidine rings is 5. The smallest absolute Gasteiger partial charge is 0.0130 e. The van der Waals surface area contributed by atoms with Gasteiger partial charge in [0.05, 0.1) is 0 Å². The number of fused-ring (bicyclic) bond motifs is 20. The number of likely N-dealkylation sites (tertiary alicyclic amines) is 4. The molecule has 7 nitrogen and oxygen atoms in total. The Bertz CT molecular complexity index is 2290. The van der Waals surface area contributed by atoms with Crippen LogP contribution in [0.2, 0.25) is 0 Å². The molecular formula is C95H183N7. The molecule has 8 saturated carbocycles. The van der Waals surface area contributed by atoms with Gasteiger partial charge in [-0.25, -0.2) is 0 Å². The summed E-state index contributed by atoms with van der Waals surface area (Å²) in [5.74, 6) is 11.5. The van der Waals surface area contributed by atoms with Crippen LogP contribution in [0.3, 0.4) is 0 Å². The lowest BCUT2D eigenvalue weighted by molar-refractivity contribution is -0.0163. The highest BCUT2D eigenvalue weighted by Gasteiger charge is 2.47. The van der Waals surface area contributed by atoms with Crippen LogP contribution in [0.25, 0.3) is 0 Å². The fourth-order valence-corrected chi connectivity index (χ4v) is 25.3. The summed E-state index contributed by atoms with van der Waals surface area (Å²) in [6.07, 6.45) is 55.0. The van der Waals surface area contributed by atoms with Gasteiger partial charge in [0.1, 0.15) is 0 Å².